The molecule has 74 valence electrons. The second kappa shape index (κ2) is 2.89. The lowest BCUT2D eigenvalue weighted by molar-refractivity contribution is 0.641. The third kappa shape index (κ3) is 1.34. The van der Waals surface area contributed by atoms with Crippen molar-refractivity contribution >= 4 is 21.4 Å². The highest BCUT2D eigenvalue weighted by Crippen LogP contribution is 2.20. The van der Waals surface area contributed by atoms with Crippen molar-refractivity contribution in [1.82, 2.24) is 25.1 Å². The molecule has 0 spiro atoms. The van der Waals surface area contributed by atoms with Crippen LogP contribution in [0.1, 0.15) is 18.7 Å². The molecule has 2 aromatic rings. The summed E-state index contributed by atoms with van der Waals surface area (Å²) in [6, 6.07) is 0.665. The van der Waals surface area contributed by atoms with Gasteiger partial charge in [0.25, 0.3) is 0 Å². The number of fused-ring (bicyclic) bond motifs is 1. The third-order valence-corrected chi connectivity index (χ3v) is 2.93. The first-order valence-corrected chi connectivity index (χ1v) is 5.34. The molecule has 0 aliphatic heterocycles. The Kier molecular flexibility index (Phi) is 1.68. The van der Waals surface area contributed by atoms with Crippen LogP contribution in [0.3, 0.4) is 0 Å². The van der Waals surface area contributed by atoms with E-state index in [0.29, 0.717) is 11.2 Å². The molecule has 0 unspecified atom stereocenters. The van der Waals surface area contributed by atoms with E-state index in [0.717, 1.165) is 17.3 Å². The number of nitrogens with one attached hydrogen (secondary N) is 1. The molecule has 6 nitrogen and oxygen atoms in total. The molecule has 0 bridgehead atoms. The van der Waals surface area contributed by atoms with Gasteiger partial charge in [-0.15, -0.1) is 15.3 Å². The summed E-state index contributed by atoms with van der Waals surface area (Å²) >= 11 is 1.35. The SMILES string of the molecule is Nc1nn2c(CNC3CC3)nnc2s1. The number of nitrogens with two attached hydrogens (primary N) is 1. The predicted octanol–water partition coefficient (Wildman–Crippen LogP) is 0.0200. The van der Waals surface area contributed by atoms with E-state index in [1.807, 2.05) is 0 Å². The van der Waals surface area contributed by atoms with Gasteiger partial charge in [0.15, 0.2) is 5.82 Å². The van der Waals surface area contributed by atoms with Crippen LogP contribution in [0.2, 0.25) is 0 Å². The van der Waals surface area contributed by atoms with Crippen LogP contribution in [0.4, 0.5) is 5.13 Å². The lowest BCUT2D eigenvalue weighted by atomic mass is 10.5. The van der Waals surface area contributed by atoms with Gasteiger partial charge in [-0.05, 0) is 12.8 Å². The smallest absolute Gasteiger partial charge is 0.236 e. The lowest BCUT2D eigenvalue weighted by Gasteiger charge is -1.97. The van der Waals surface area contributed by atoms with E-state index in [1.165, 1.54) is 24.2 Å². The first-order chi connectivity index (χ1) is 6.83. The van der Waals surface area contributed by atoms with Crippen molar-refractivity contribution in [2.24, 2.45) is 0 Å². The molecule has 14 heavy (non-hydrogen) atoms. The summed E-state index contributed by atoms with van der Waals surface area (Å²) in [6.45, 7) is 0.717. The van der Waals surface area contributed by atoms with Crippen LogP contribution in [-0.4, -0.2) is 25.9 Å². The molecule has 0 amide bonds. The average Bonchev–Trinajstić information content (AvgIpc) is 2.81. The Morgan fingerprint density at radius 2 is 2.36 bits per heavy atom. The topological polar surface area (TPSA) is 81.1 Å². The van der Waals surface area contributed by atoms with E-state index in [-0.39, 0.29) is 0 Å². The summed E-state index contributed by atoms with van der Waals surface area (Å²) in [4.78, 5) is 0.759. The van der Waals surface area contributed by atoms with Gasteiger partial charge in [-0.3, -0.25) is 0 Å². The van der Waals surface area contributed by atoms with Crippen LogP contribution in [-0.2, 0) is 6.54 Å². The van der Waals surface area contributed by atoms with Crippen LogP contribution in [0.5, 0.6) is 0 Å². The predicted molar refractivity (Wildman–Crippen MR) is 52.9 cm³/mol. The number of nitrogens with zero attached hydrogens (tertiary/aromatic N) is 4. The van der Waals surface area contributed by atoms with Gasteiger partial charge in [0.05, 0.1) is 6.54 Å². The summed E-state index contributed by atoms with van der Waals surface area (Å²) < 4.78 is 1.70. The van der Waals surface area contributed by atoms with Gasteiger partial charge in [0, 0.05) is 6.04 Å². The highest BCUT2D eigenvalue weighted by molar-refractivity contribution is 7.20. The van der Waals surface area contributed by atoms with Crippen molar-refractivity contribution in [3.8, 4) is 0 Å². The van der Waals surface area contributed by atoms with Crippen molar-refractivity contribution in [2.45, 2.75) is 25.4 Å². The van der Waals surface area contributed by atoms with Gasteiger partial charge in [0.2, 0.25) is 10.1 Å². The maximum absolute atomic E-state index is 5.57. The van der Waals surface area contributed by atoms with E-state index < -0.39 is 0 Å². The lowest BCUT2D eigenvalue weighted by Crippen LogP contribution is -2.17. The van der Waals surface area contributed by atoms with E-state index in [4.69, 9.17) is 5.73 Å². The number of rotatable bonds is 3. The second-order valence-corrected chi connectivity index (χ2v) is 4.39. The summed E-state index contributed by atoms with van der Waals surface area (Å²) in [5.74, 6) is 0.833. The van der Waals surface area contributed by atoms with Crippen molar-refractivity contribution in [2.75, 3.05) is 5.73 Å². The largest absolute Gasteiger partial charge is 0.374 e. The monoisotopic (exact) mass is 210 g/mol. The zero-order chi connectivity index (χ0) is 9.54. The van der Waals surface area contributed by atoms with Crippen LogP contribution < -0.4 is 11.1 Å². The fourth-order valence-corrected chi connectivity index (χ4v) is 1.93. The molecule has 0 radical (unpaired) electrons. The minimum absolute atomic E-state index is 0.530. The van der Waals surface area contributed by atoms with E-state index in [9.17, 15) is 0 Å². The number of aromatic nitrogens is 4. The molecule has 1 fully saturated rings. The minimum Gasteiger partial charge on any atom is -0.374 e. The Balaban J connectivity index is 1.86. The Bertz CT molecular complexity index is 456. The molecule has 7 heteroatoms. The van der Waals surface area contributed by atoms with Crippen molar-refractivity contribution in [3.05, 3.63) is 5.82 Å². The van der Waals surface area contributed by atoms with Gasteiger partial charge >= 0.3 is 0 Å². The van der Waals surface area contributed by atoms with Gasteiger partial charge in [0.1, 0.15) is 0 Å². The maximum atomic E-state index is 5.57. The van der Waals surface area contributed by atoms with Gasteiger partial charge in [-0.2, -0.15) is 4.52 Å². The van der Waals surface area contributed by atoms with Crippen LogP contribution in [0.15, 0.2) is 0 Å². The normalized spacial score (nSPS) is 16.6. The maximum Gasteiger partial charge on any atom is 0.236 e. The zero-order valence-electron chi connectivity index (χ0n) is 7.47. The van der Waals surface area contributed by atoms with E-state index in [1.54, 1.807) is 4.52 Å². The molecule has 2 aromatic heterocycles. The molecule has 1 aliphatic rings. The molecule has 1 saturated carbocycles. The van der Waals surface area contributed by atoms with Crippen molar-refractivity contribution < 1.29 is 0 Å². The van der Waals surface area contributed by atoms with E-state index in [2.05, 4.69) is 20.6 Å². The van der Waals surface area contributed by atoms with Crippen LogP contribution >= 0.6 is 11.3 Å². The van der Waals surface area contributed by atoms with E-state index >= 15 is 0 Å². The molecule has 0 aromatic carbocycles. The summed E-state index contributed by atoms with van der Waals surface area (Å²) in [7, 11) is 0. The van der Waals surface area contributed by atoms with Crippen LogP contribution in [0, 0.1) is 0 Å². The summed E-state index contributed by atoms with van der Waals surface area (Å²) in [5.41, 5.74) is 5.57. The molecule has 3 rings (SSSR count). The molecule has 3 N–H and O–H groups in total. The van der Waals surface area contributed by atoms with Crippen molar-refractivity contribution in [1.29, 1.82) is 0 Å². The minimum atomic E-state index is 0.530. The van der Waals surface area contributed by atoms with Gasteiger partial charge < -0.3 is 11.1 Å². The third-order valence-electron chi connectivity index (χ3n) is 2.20. The number of anilines is 1. The van der Waals surface area contributed by atoms with Crippen molar-refractivity contribution in [3.63, 3.8) is 0 Å². The number of hydrogen-bond donors (Lipinski definition) is 2. The molecule has 2 heterocycles. The Labute approximate surface area is 84.1 Å². The Hall–Kier alpha value is -1.21. The summed E-state index contributed by atoms with van der Waals surface area (Å²) in [6.07, 6.45) is 2.53. The van der Waals surface area contributed by atoms with Gasteiger partial charge in [-0.25, -0.2) is 0 Å². The second-order valence-electron chi connectivity index (χ2n) is 3.41. The fourth-order valence-electron chi connectivity index (χ4n) is 1.31. The molecular formula is C7H10N6S. The Morgan fingerprint density at radius 3 is 3.14 bits per heavy atom. The number of nitrogen functional groups attached to an aromatic ring is 1. The molecule has 0 atom stereocenters. The molecular weight excluding hydrogens is 200 g/mol. The first kappa shape index (κ1) is 8.13. The fraction of sp³-hybridized carbons (Fsp3) is 0.571. The standard InChI is InChI=1S/C7H10N6S/c8-6-12-13-5(3-9-4-1-2-4)10-11-7(13)14-6/h4,9H,1-3H2,(H2,8,12). The quantitative estimate of drug-likeness (QED) is 0.746. The Morgan fingerprint density at radius 1 is 1.50 bits per heavy atom. The molecule has 1 aliphatic carbocycles. The highest BCUT2D eigenvalue weighted by atomic mass is 32.1. The highest BCUT2D eigenvalue weighted by Gasteiger charge is 2.21. The molecule has 0 saturated heterocycles. The van der Waals surface area contributed by atoms with Gasteiger partial charge in [-0.1, -0.05) is 11.3 Å². The van der Waals surface area contributed by atoms with Crippen LogP contribution in [0.25, 0.3) is 4.96 Å². The number of hydrogen-bond acceptors (Lipinski definition) is 6. The summed E-state index contributed by atoms with van der Waals surface area (Å²) in [5, 5.41) is 16.0. The first-order valence-electron chi connectivity index (χ1n) is 4.53. The zero-order valence-corrected chi connectivity index (χ0v) is 8.29. The average molecular weight is 210 g/mol.